The van der Waals surface area contributed by atoms with Gasteiger partial charge in [-0.05, 0) is 0 Å². The molecule has 0 aliphatic heterocycles. The molecule has 0 aromatic heterocycles. The second-order valence-electron chi connectivity index (χ2n) is 1.07. The molecule has 6 heteroatoms. The van der Waals surface area contributed by atoms with Gasteiger partial charge in [-0.15, -0.1) is 0 Å². The Hall–Kier alpha value is 1.78. The molecule has 0 saturated heterocycles. The molecular formula is CH5BrCl2N2Sn. The van der Waals surface area contributed by atoms with Crippen LogP contribution in [-0.4, -0.2) is 18.1 Å². The third kappa shape index (κ3) is 4.29. The van der Waals surface area contributed by atoms with Gasteiger partial charge in [0.05, 0.1) is 0 Å². The van der Waals surface area contributed by atoms with Gasteiger partial charge in [0.1, 0.15) is 0 Å². The second kappa shape index (κ2) is 3.08. The Labute approximate surface area is 59.6 Å². The number of hydrogen-bond acceptors (Lipinski definition) is 2. The SMILES string of the molecule is N[CH](N)[Sn]([Cl])([Cl])[Br]. The van der Waals surface area contributed by atoms with Gasteiger partial charge in [0.15, 0.2) is 0 Å². The Morgan fingerprint density at radius 3 is 1.57 bits per heavy atom. The van der Waals surface area contributed by atoms with Gasteiger partial charge in [-0.2, -0.15) is 0 Å². The van der Waals surface area contributed by atoms with E-state index in [1.54, 1.807) is 0 Å². The molecule has 0 aromatic rings. The van der Waals surface area contributed by atoms with Gasteiger partial charge >= 0.3 is 60.1 Å². The molecule has 44 valence electrons. The molecule has 0 spiro atoms. The molecule has 0 atom stereocenters. The van der Waals surface area contributed by atoms with E-state index in [1.807, 2.05) is 0 Å². The Balaban J connectivity index is 3.54. The zero-order chi connectivity index (χ0) is 6.08. The summed E-state index contributed by atoms with van der Waals surface area (Å²) in [6, 6.07) is 0. The number of nitrogens with two attached hydrogens (primary N) is 2. The average molecular weight is 315 g/mol. The summed E-state index contributed by atoms with van der Waals surface area (Å²) in [5.41, 5.74) is 10.3. The zero-order valence-corrected chi connectivity index (χ0v) is 9.32. The van der Waals surface area contributed by atoms with Gasteiger partial charge in [0.2, 0.25) is 0 Å². The Bertz CT molecular complexity index is 61.2. The first-order chi connectivity index (χ1) is 2.94. The van der Waals surface area contributed by atoms with E-state index in [4.69, 9.17) is 29.3 Å². The van der Waals surface area contributed by atoms with Crippen LogP contribution in [0.25, 0.3) is 0 Å². The van der Waals surface area contributed by atoms with Crippen LogP contribution in [0.5, 0.6) is 0 Å². The van der Waals surface area contributed by atoms with Gasteiger partial charge in [-0.3, -0.25) is 0 Å². The van der Waals surface area contributed by atoms with Crippen molar-refractivity contribution in [3.63, 3.8) is 0 Å². The average Bonchev–Trinajstić information content (AvgIpc) is 1.31. The first-order valence-electron chi connectivity index (χ1n) is 1.52. The summed E-state index contributed by atoms with van der Waals surface area (Å²) in [6.07, 6.45) is 0. The fourth-order valence-corrected chi connectivity index (χ4v) is 0. The van der Waals surface area contributed by atoms with Crippen LogP contribution in [0.3, 0.4) is 0 Å². The molecule has 0 aliphatic carbocycles. The summed E-state index contributed by atoms with van der Waals surface area (Å²) >= 11 is -0.0205. The van der Waals surface area contributed by atoms with Gasteiger partial charge in [0.25, 0.3) is 0 Å². The van der Waals surface area contributed by atoms with Crippen LogP contribution >= 0.6 is 30.5 Å². The summed E-state index contributed by atoms with van der Waals surface area (Å²) in [4.78, 5) is 0. The molecule has 0 saturated carbocycles. The normalized spacial score (nSPS) is 12.9. The molecule has 0 aliphatic rings. The molecule has 0 unspecified atom stereocenters. The van der Waals surface area contributed by atoms with Crippen LogP contribution in [0.2, 0.25) is 0 Å². The molecule has 0 heterocycles. The summed E-state index contributed by atoms with van der Waals surface area (Å²) in [5, 5.41) is 0. The minimum atomic E-state index is -3.05. The topological polar surface area (TPSA) is 52.0 Å². The second-order valence-corrected chi connectivity index (χ2v) is 29.9. The fraction of sp³-hybridized carbons (Fsp3) is 1.00. The Morgan fingerprint density at radius 1 is 1.43 bits per heavy atom. The van der Waals surface area contributed by atoms with E-state index in [0.29, 0.717) is 0 Å². The predicted octanol–water partition coefficient (Wildman–Crippen LogP) is 0.581. The van der Waals surface area contributed by atoms with Crippen molar-refractivity contribution in [1.82, 2.24) is 0 Å². The molecule has 0 fully saturated rings. The molecule has 4 N–H and O–H groups in total. The molecular weight excluding hydrogens is 310 g/mol. The quantitative estimate of drug-likeness (QED) is 0.549. The summed E-state index contributed by atoms with van der Waals surface area (Å²) in [5.74, 6) is 0. The molecule has 2 nitrogen and oxygen atoms in total. The predicted molar refractivity (Wildman–Crippen MR) is 38.5 cm³/mol. The first-order valence-corrected chi connectivity index (χ1v) is 16.8. The Kier molecular flexibility index (Phi) is 3.86. The molecule has 0 radical (unpaired) electrons. The number of halogens is 3. The monoisotopic (exact) mass is 314 g/mol. The van der Waals surface area contributed by atoms with Gasteiger partial charge in [0, 0.05) is 0 Å². The van der Waals surface area contributed by atoms with Crippen LogP contribution < -0.4 is 11.5 Å². The molecule has 7 heavy (non-hydrogen) atoms. The van der Waals surface area contributed by atoms with E-state index in [-0.39, 0.29) is 0 Å². The van der Waals surface area contributed by atoms with Crippen LogP contribution in [0.15, 0.2) is 0 Å². The van der Waals surface area contributed by atoms with Crippen molar-refractivity contribution in [2.75, 3.05) is 0 Å². The zero-order valence-electron chi connectivity index (χ0n) is 3.37. The van der Waals surface area contributed by atoms with E-state index in [0.717, 1.165) is 0 Å². The number of hydrogen-bond donors (Lipinski definition) is 2. The third-order valence-electron chi connectivity index (χ3n) is 0.378. The number of rotatable bonds is 1. The standard InChI is InChI=1S/CH5N2.BrH.2ClH.Sn/c2-1-3;;;;/h1H,2-3H2;3*1H;/q;;;;+3/p-3. The van der Waals surface area contributed by atoms with Crippen molar-refractivity contribution < 1.29 is 0 Å². The summed E-state index contributed by atoms with van der Waals surface area (Å²) in [6.45, 7) is 0. The van der Waals surface area contributed by atoms with E-state index >= 15 is 0 Å². The maximum atomic E-state index is 5.51. The van der Waals surface area contributed by atoms with Crippen LogP contribution in [-0.2, 0) is 0 Å². The van der Waals surface area contributed by atoms with E-state index in [2.05, 4.69) is 12.7 Å². The van der Waals surface area contributed by atoms with Gasteiger partial charge < -0.3 is 0 Å². The van der Waals surface area contributed by atoms with Crippen LogP contribution in [0.1, 0.15) is 0 Å². The molecule has 0 rings (SSSR count). The Morgan fingerprint density at radius 2 is 1.57 bits per heavy atom. The van der Waals surface area contributed by atoms with Crippen molar-refractivity contribution in [2.45, 2.75) is 4.18 Å². The van der Waals surface area contributed by atoms with E-state index in [9.17, 15) is 0 Å². The summed E-state index contributed by atoms with van der Waals surface area (Å²) in [7, 11) is 11.0. The van der Waals surface area contributed by atoms with Crippen molar-refractivity contribution >= 4 is 44.4 Å². The summed E-state index contributed by atoms with van der Waals surface area (Å²) < 4.78 is -0.544. The maximum absolute atomic E-state index is 5.51. The van der Waals surface area contributed by atoms with Crippen LogP contribution in [0, 0.1) is 0 Å². The minimum absolute atomic E-state index is 0.544. The van der Waals surface area contributed by atoms with Gasteiger partial charge in [-0.1, -0.05) is 0 Å². The third-order valence-corrected chi connectivity index (χ3v) is 9.46. The van der Waals surface area contributed by atoms with E-state index in [1.165, 1.54) is 0 Å². The van der Waals surface area contributed by atoms with Gasteiger partial charge in [-0.25, -0.2) is 0 Å². The van der Waals surface area contributed by atoms with Crippen molar-refractivity contribution in [2.24, 2.45) is 11.5 Å². The van der Waals surface area contributed by atoms with Crippen molar-refractivity contribution in [3.05, 3.63) is 0 Å². The molecule has 0 aromatic carbocycles. The molecule has 0 amide bonds. The van der Waals surface area contributed by atoms with Crippen molar-refractivity contribution in [1.29, 1.82) is 0 Å². The molecule has 0 bridgehead atoms. The van der Waals surface area contributed by atoms with Crippen molar-refractivity contribution in [3.8, 4) is 0 Å². The fourth-order valence-electron chi connectivity index (χ4n) is 0. The van der Waals surface area contributed by atoms with Crippen LogP contribution in [0.4, 0.5) is 0 Å². The first kappa shape index (κ1) is 8.78. The van der Waals surface area contributed by atoms with E-state index < -0.39 is 18.1 Å².